The third kappa shape index (κ3) is 3.71. The van der Waals surface area contributed by atoms with Crippen molar-refractivity contribution in [3.63, 3.8) is 0 Å². The van der Waals surface area contributed by atoms with E-state index >= 15 is 0 Å². The van der Waals surface area contributed by atoms with E-state index in [1.54, 1.807) is 0 Å². The molecule has 2 heterocycles. The maximum absolute atomic E-state index is 2.74. The monoisotopic (exact) mass is 252 g/mol. The molecule has 2 nitrogen and oxygen atoms in total. The third-order valence-corrected chi connectivity index (χ3v) is 5.35. The largest absolute Gasteiger partial charge is 0.306 e. The topological polar surface area (TPSA) is 6.48 Å². The van der Waals surface area contributed by atoms with Gasteiger partial charge in [0.05, 0.1) is 0 Å². The van der Waals surface area contributed by atoms with Gasteiger partial charge in [-0.05, 0) is 69.6 Å². The highest BCUT2D eigenvalue weighted by molar-refractivity contribution is 4.81. The molecule has 2 fully saturated rings. The van der Waals surface area contributed by atoms with Crippen molar-refractivity contribution in [3.8, 4) is 0 Å². The molecular formula is C16H32N2. The summed E-state index contributed by atoms with van der Waals surface area (Å²) in [6, 6.07) is 0. The van der Waals surface area contributed by atoms with E-state index in [2.05, 4.69) is 37.6 Å². The van der Waals surface area contributed by atoms with Crippen LogP contribution in [-0.2, 0) is 0 Å². The van der Waals surface area contributed by atoms with Crippen LogP contribution in [0.3, 0.4) is 0 Å². The maximum Gasteiger partial charge on any atom is 0.00132 e. The van der Waals surface area contributed by atoms with Gasteiger partial charge in [0.15, 0.2) is 0 Å². The van der Waals surface area contributed by atoms with Crippen LogP contribution in [0.25, 0.3) is 0 Å². The van der Waals surface area contributed by atoms with E-state index < -0.39 is 0 Å². The molecule has 0 unspecified atom stereocenters. The quantitative estimate of drug-likeness (QED) is 0.762. The molecule has 0 amide bonds. The Morgan fingerprint density at radius 3 is 2.28 bits per heavy atom. The fraction of sp³-hybridized carbons (Fsp3) is 1.00. The first-order chi connectivity index (χ1) is 8.56. The Balaban J connectivity index is 1.74. The molecule has 0 spiro atoms. The van der Waals surface area contributed by atoms with Crippen molar-refractivity contribution in [2.45, 2.75) is 40.0 Å². The van der Waals surface area contributed by atoms with Crippen LogP contribution in [0.15, 0.2) is 0 Å². The average molecular weight is 252 g/mol. The first-order valence-corrected chi connectivity index (χ1v) is 7.97. The van der Waals surface area contributed by atoms with Gasteiger partial charge in [-0.2, -0.15) is 0 Å². The summed E-state index contributed by atoms with van der Waals surface area (Å²) in [4.78, 5) is 5.23. The van der Waals surface area contributed by atoms with Gasteiger partial charge in [0.2, 0.25) is 0 Å². The van der Waals surface area contributed by atoms with Crippen molar-refractivity contribution in [1.82, 2.24) is 9.80 Å². The fourth-order valence-electron chi connectivity index (χ4n) is 3.81. The summed E-state index contributed by atoms with van der Waals surface area (Å²) < 4.78 is 0. The number of likely N-dealkylation sites (tertiary alicyclic amines) is 2. The van der Waals surface area contributed by atoms with Crippen molar-refractivity contribution in [2.75, 3.05) is 39.8 Å². The van der Waals surface area contributed by atoms with Gasteiger partial charge in [0, 0.05) is 13.1 Å². The molecule has 2 aliphatic heterocycles. The Bertz CT molecular complexity index is 243. The zero-order valence-electron chi connectivity index (χ0n) is 12.9. The van der Waals surface area contributed by atoms with E-state index in [0.29, 0.717) is 0 Å². The molecule has 0 bridgehead atoms. The Kier molecular flexibility index (Phi) is 5.08. The Morgan fingerprint density at radius 1 is 1.06 bits per heavy atom. The van der Waals surface area contributed by atoms with Crippen molar-refractivity contribution in [3.05, 3.63) is 0 Å². The van der Waals surface area contributed by atoms with Crippen LogP contribution in [0, 0.1) is 23.7 Å². The van der Waals surface area contributed by atoms with E-state index in [0.717, 1.165) is 23.7 Å². The zero-order chi connectivity index (χ0) is 13.1. The van der Waals surface area contributed by atoms with Gasteiger partial charge in [0.1, 0.15) is 0 Å². The lowest BCUT2D eigenvalue weighted by molar-refractivity contribution is 0.0860. The SMILES string of the molecule is CC(C)C1CCN(C[C@H]2CCN(C)C[C@H]2C)CC1. The highest BCUT2D eigenvalue weighted by atomic mass is 15.1. The molecule has 2 saturated heterocycles. The minimum Gasteiger partial charge on any atom is -0.306 e. The Morgan fingerprint density at radius 2 is 1.72 bits per heavy atom. The smallest absolute Gasteiger partial charge is 0.00132 e. The summed E-state index contributed by atoms with van der Waals surface area (Å²) in [5.74, 6) is 3.69. The summed E-state index contributed by atoms with van der Waals surface area (Å²) in [6.07, 6.45) is 4.26. The summed E-state index contributed by atoms with van der Waals surface area (Å²) in [5.41, 5.74) is 0. The summed E-state index contributed by atoms with van der Waals surface area (Å²) in [6.45, 7) is 13.9. The second kappa shape index (κ2) is 6.38. The molecule has 0 aromatic heterocycles. The molecule has 2 rings (SSSR count). The summed E-state index contributed by atoms with van der Waals surface area (Å²) in [5, 5.41) is 0. The van der Waals surface area contributed by atoms with Crippen LogP contribution >= 0.6 is 0 Å². The molecule has 0 aromatic rings. The van der Waals surface area contributed by atoms with Gasteiger partial charge in [-0.1, -0.05) is 20.8 Å². The van der Waals surface area contributed by atoms with E-state index in [1.165, 1.54) is 52.0 Å². The maximum atomic E-state index is 2.74. The number of nitrogens with zero attached hydrogens (tertiary/aromatic N) is 2. The third-order valence-electron chi connectivity index (χ3n) is 5.35. The van der Waals surface area contributed by atoms with E-state index in [9.17, 15) is 0 Å². The molecular weight excluding hydrogens is 220 g/mol. The minimum absolute atomic E-state index is 0.881. The van der Waals surface area contributed by atoms with Gasteiger partial charge in [0.25, 0.3) is 0 Å². The standard InChI is InChI=1S/C16H32N2/c1-13(2)15-6-9-18(10-7-15)12-16-5-8-17(4)11-14(16)3/h13-16H,5-12H2,1-4H3/t14-,16-/m1/s1. The van der Waals surface area contributed by atoms with Crippen molar-refractivity contribution in [1.29, 1.82) is 0 Å². The number of hydrogen-bond donors (Lipinski definition) is 0. The lowest BCUT2D eigenvalue weighted by atomic mass is 9.84. The summed E-state index contributed by atoms with van der Waals surface area (Å²) >= 11 is 0. The average Bonchev–Trinajstić information content (AvgIpc) is 2.33. The van der Waals surface area contributed by atoms with Crippen LogP contribution in [0.5, 0.6) is 0 Å². The molecule has 2 atom stereocenters. The normalized spacial score (nSPS) is 33.2. The molecule has 0 saturated carbocycles. The van der Waals surface area contributed by atoms with Crippen LogP contribution in [0.2, 0.25) is 0 Å². The predicted molar refractivity (Wildman–Crippen MR) is 78.8 cm³/mol. The van der Waals surface area contributed by atoms with E-state index in [-0.39, 0.29) is 0 Å². The second-order valence-corrected chi connectivity index (χ2v) is 7.17. The Hall–Kier alpha value is -0.0800. The molecule has 0 aromatic carbocycles. The van der Waals surface area contributed by atoms with Crippen LogP contribution < -0.4 is 0 Å². The molecule has 0 radical (unpaired) electrons. The molecule has 106 valence electrons. The first-order valence-electron chi connectivity index (χ1n) is 7.97. The van der Waals surface area contributed by atoms with Crippen molar-refractivity contribution in [2.24, 2.45) is 23.7 Å². The van der Waals surface area contributed by atoms with Crippen LogP contribution in [0.4, 0.5) is 0 Å². The van der Waals surface area contributed by atoms with Gasteiger partial charge in [-0.15, -0.1) is 0 Å². The van der Waals surface area contributed by atoms with Gasteiger partial charge >= 0.3 is 0 Å². The highest BCUT2D eigenvalue weighted by Crippen LogP contribution is 2.28. The second-order valence-electron chi connectivity index (χ2n) is 7.17. The van der Waals surface area contributed by atoms with Crippen LogP contribution in [0.1, 0.15) is 40.0 Å². The molecule has 0 N–H and O–H groups in total. The number of rotatable bonds is 3. The summed E-state index contributed by atoms with van der Waals surface area (Å²) in [7, 11) is 2.26. The van der Waals surface area contributed by atoms with Crippen molar-refractivity contribution >= 4 is 0 Å². The van der Waals surface area contributed by atoms with Gasteiger partial charge in [-0.25, -0.2) is 0 Å². The first kappa shape index (κ1) is 14.3. The fourth-order valence-corrected chi connectivity index (χ4v) is 3.81. The predicted octanol–water partition coefficient (Wildman–Crippen LogP) is 2.94. The van der Waals surface area contributed by atoms with E-state index in [1.807, 2.05) is 0 Å². The van der Waals surface area contributed by atoms with Crippen LogP contribution in [-0.4, -0.2) is 49.6 Å². The molecule has 18 heavy (non-hydrogen) atoms. The highest BCUT2D eigenvalue weighted by Gasteiger charge is 2.28. The van der Waals surface area contributed by atoms with Gasteiger partial charge < -0.3 is 9.80 Å². The minimum atomic E-state index is 0.881. The number of hydrogen-bond acceptors (Lipinski definition) is 2. The Labute approximate surface area is 114 Å². The zero-order valence-corrected chi connectivity index (χ0v) is 12.9. The molecule has 2 heteroatoms. The lowest BCUT2D eigenvalue weighted by Crippen LogP contribution is -2.44. The van der Waals surface area contributed by atoms with E-state index in [4.69, 9.17) is 0 Å². The molecule has 2 aliphatic rings. The lowest BCUT2D eigenvalue weighted by Gasteiger charge is -2.40. The van der Waals surface area contributed by atoms with Gasteiger partial charge in [-0.3, -0.25) is 0 Å². The molecule has 0 aliphatic carbocycles. The van der Waals surface area contributed by atoms with Crippen molar-refractivity contribution < 1.29 is 0 Å². The number of piperidine rings is 2.